The normalized spacial score (nSPS) is 21.2. The summed E-state index contributed by atoms with van der Waals surface area (Å²) < 4.78 is 0. The second-order valence-electron chi connectivity index (χ2n) is 9.48. The number of allylic oxidation sites excluding steroid dienone is 2. The lowest BCUT2D eigenvalue weighted by Crippen LogP contribution is -2.51. The van der Waals surface area contributed by atoms with E-state index in [1.54, 1.807) is 4.90 Å². The van der Waals surface area contributed by atoms with E-state index >= 15 is 0 Å². The Morgan fingerprint density at radius 2 is 1.62 bits per heavy atom. The molecule has 34 heavy (non-hydrogen) atoms. The SMILES string of the molecule is CC[C@H](C)NC(=O)[C@H](CC)N(Cc1ccc(C)cc1)C(=O)CCN1C(=O)[C@H]2CC=CC[C@H]2C1=O. The molecule has 1 aromatic carbocycles. The van der Waals surface area contributed by atoms with Gasteiger partial charge in [-0.1, -0.05) is 55.8 Å². The zero-order valence-corrected chi connectivity index (χ0v) is 20.8. The van der Waals surface area contributed by atoms with Crippen LogP contribution in [0.3, 0.4) is 0 Å². The number of likely N-dealkylation sites (tertiary alicyclic amines) is 1. The Kier molecular flexibility index (Phi) is 8.64. The van der Waals surface area contributed by atoms with Crippen molar-refractivity contribution in [3.63, 3.8) is 0 Å². The molecule has 3 rings (SSSR count). The molecule has 1 saturated heterocycles. The lowest BCUT2D eigenvalue weighted by Gasteiger charge is -2.32. The first-order valence-electron chi connectivity index (χ1n) is 12.4. The highest BCUT2D eigenvalue weighted by Crippen LogP contribution is 2.35. The summed E-state index contributed by atoms with van der Waals surface area (Å²) in [4.78, 5) is 54.9. The quantitative estimate of drug-likeness (QED) is 0.422. The lowest BCUT2D eigenvalue weighted by molar-refractivity contribution is -0.144. The van der Waals surface area contributed by atoms with Gasteiger partial charge in [-0.15, -0.1) is 0 Å². The molecule has 2 aliphatic rings. The smallest absolute Gasteiger partial charge is 0.243 e. The van der Waals surface area contributed by atoms with E-state index in [0.29, 0.717) is 25.8 Å². The first-order valence-corrected chi connectivity index (χ1v) is 12.4. The number of hydrogen-bond donors (Lipinski definition) is 1. The highest BCUT2D eigenvalue weighted by molar-refractivity contribution is 6.05. The van der Waals surface area contributed by atoms with E-state index in [0.717, 1.165) is 17.5 Å². The van der Waals surface area contributed by atoms with Gasteiger partial charge in [-0.2, -0.15) is 0 Å². The van der Waals surface area contributed by atoms with Crippen LogP contribution >= 0.6 is 0 Å². The molecule has 1 aliphatic carbocycles. The summed E-state index contributed by atoms with van der Waals surface area (Å²) in [7, 11) is 0. The molecule has 1 heterocycles. The van der Waals surface area contributed by atoms with Gasteiger partial charge in [-0.25, -0.2) is 0 Å². The van der Waals surface area contributed by atoms with Gasteiger partial charge < -0.3 is 10.2 Å². The number of imide groups is 1. The molecule has 0 spiro atoms. The Bertz CT molecular complexity index is 914. The van der Waals surface area contributed by atoms with Gasteiger partial charge in [0.05, 0.1) is 11.8 Å². The van der Waals surface area contributed by atoms with Gasteiger partial charge in [0, 0.05) is 25.6 Å². The van der Waals surface area contributed by atoms with Gasteiger partial charge in [-0.05, 0) is 45.1 Å². The molecule has 1 fully saturated rings. The predicted molar refractivity (Wildman–Crippen MR) is 130 cm³/mol. The molecule has 4 amide bonds. The van der Waals surface area contributed by atoms with Crippen molar-refractivity contribution in [2.24, 2.45) is 11.8 Å². The van der Waals surface area contributed by atoms with Crippen molar-refractivity contribution in [1.82, 2.24) is 15.1 Å². The van der Waals surface area contributed by atoms with Crippen molar-refractivity contribution in [2.45, 2.75) is 78.4 Å². The first-order chi connectivity index (χ1) is 16.3. The Balaban J connectivity index is 1.75. The van der Waals surface area contributed by atoms with Crippen LogP contribution in [0.2, 0.25) is 0 Å². The van der Waals surface area contributed by atoms with Crippen molar-refractivity contribution in [1.29, 1.82) is 0 Å². The number of hydrogen-bond acceptors (Lipinski definition) is 4. The minimum atomic E-state index is -0.625. The van der Waals surface area contributed by atoms with Gasteiger partial charge >= 0.3 is 0 Å². The molecule has 0 saturated carbocycles. The van der Waals surface area contributed by atoms with E-state index in [9.17, 15) is 19.2 Å². The summed E-state index contributed by atoms with van der Waals surface area (Å²) >= 11 is 0. The second kappa shape index (κ2) is 11.4. The number of carbonyl (C=O) groups excluding carboxylic acids is 4. The van der Waals surface area contributed by atoms with E-state index in [4.69, 9.17) is 0 Å². The fourth-order valence-corrected chi connectivity index (χ4v) is 4.69. The number of nitrogens with one attached hydrogen (secondary N) is 1. The third-order valence-corrected chi connectivity index (χ3v) is 7.01. The second-order valence-corrected chi connectivity index (χ2v) is 9.48. The number of rotatable bonds is 10. The van der Waals surface area contributed by atoms with Gasteiger partial charge in [0.1, 0.15) is 6.04 Å². The number of aryl methyl sites for hydroxylation is 1. The number of amides is 4. The average Bonchev–Trinajstić information content (AvgIpc) is 3.08. The summed E-state index contributed by atoms with van der Waals surface area (Å²) in [6.07, 6.45) is 6.32. The molecule has 1 N–H and O–H groups in total. The summed E-state index contributed by atoms with van der Waals surface area (Å²) in [6, 6.07) is 7.26. The number of carbonyl (C=O) groups is 4. The van der Waals surface area contributed by atoms with E-state index in [1.165, 1.54) is 4.90 Å². The number of benzene rings is 1. The minimum absolute atomic E-state index is 0.00329. The molecule has 0 unspecified atom stereocenters. The molecule has 7 heteroatoms. The fourth-order valence-electron chi connectivity index (χ4n) is 4.69. The lowest BCUT2D eigenvalue weighted by atomic mass is 9.85. The zero-order valence-electron chi connectivity index (χ0n) is 20.8. The fraction of sp³-hybridized carbons (Fsp3) is 0.556. The summed E-state index contributed by atoms with van der Waals surface area (Å²) in [5, 5.41) is 3.00. The maximum absolute atomic E-state index is 13.4. The Morgan fingerprint density at radius 3 is 2.15 bits per heavy atom. The van der Waals surface area contributed by atoms with E-state index in [1.807, 2.05) is 64.1 Å². The van der Waals surface area contributed by atoms with Crippen LogP contribution in [0.5, 0.6) is 0 Å². The van der Waals surface area contributed by atoms with Crippen LogP contribution in [0.25, 0.3) is 0 Å². The van der Waals surface area contributed by atoms with Gasteiger partial charge in [0.25, 0.3) is 0 Å². The van der Waals surface area contributed by atoms with Crippen LogP contribution < -0.4 is 5.32 Å². The van der Waals surface area contributed by atoms with E-state index in [-0.39, 0.29) is 54.5 Å². The summed E-state index contributed by atoms with van der Waals surface area (Å²) in [6.45, 7) is 8.17. The Morgan fingerprint density at radius 1 is 1.03 bits per heavy atom. The average molecular weight is 468 g/mol. The molecule has 0 bridgehead atoms. The molecular weight excluding hydrogens is 430 g/mol. The molecule has 0 aromatic heterocycles. The maximum Gasteiger partial charge on any atom is 0.243 e. The van der Waals surface area contributed by atoms with Gasteiger partial charge in [0.15, 0.2) is 0 Å². The highest BCUT2D eigenvalue weighted by Gasteiger charge is 2.47. The first kappa shape index (κ1) is 25.7. The van der Waals surface area contributed by atoms with Crippen LogP contribution in [-0.4, -0.2) is 52.1 Å². The molecule has 184 valence electrons. The third kappa shape index (κ3) is 5.75. The van der Waals surface area contributed by atoms with Crippen molar-refractivity contribution in [2.75, 3.05) is 6.54 Å². The monoisotopic (exact) mass is 467 g/mol. The summed E-state index contributed by atoms with van der Waals surface area (Å²) in [5.41, 5.74) is 2.05. The van der Waals surface area contributed by atoms with Crippen molar-refractivity contribution < 1.29 is 19.2 Å². The Labute approximate surface area is 202 Å². The van der Waals surface area contributed by atoms with Gasteiger partial charge in [0.2, 0.25) is 23.6 Å². The Hall–Kier alpha value is -2.96. The van der Waals surface area contributed by atoms with E-state index < -0.39 is 6.04 Å². The predicted octanol–water partition coefficient (Wildman–Crippen LogP) is 3.36. The molecule has 1 aliphatic heterocycles. The van der Waals surface area contributed by atoms with E-state index in [2.05, 4.69) is 5.32 Å². The third-order valence-electron chi connectivity index (χ3n) is 7.01. The number of nitrogens with zero attached hydrogens (tertiary/aromatic N) is 2. The standard InChI is InChI=1S/C27H37N3O4/c1-5-19(4)28-25(32)23(6-2)30(17-20-13-11-18(3)12-14-20)24(31)15-16-29-26(33)21-9-7-8-10-22(21)27(29)34/h7-8,11-14,19,21-23H,5-6,9-10,15-17H2,1-4H3,(H,28,32)/t19-,21-,22+,23-/m0/s1. The van der Waals surface area contributed by atoms with Crippen molar-refractivity contribution in [3.8, 4) is 0 Å². The van der Waals surface area contributed by atoms with Crippen molar-refractivity contribution in [3.05, 3.63) is 47.5 Å². The molecule has 7 nitrogen and oxygen atoms in total. The highest BCUT2D eigenvalue weighted by atomic mass is 16.2. The van der Waals surface area contributed by atoms with Gasteiger partial charge in [-0.3, -0.25) is 24.1 Å². The molecule has 4 atom stereocenters. The largest absolute Gasteiger partial charge is 0.352 e. The molecular formula is C27H37N3O4. The number of fused-ring (bicyclic) bond motifs is 1. The maximum atomic E-state index is 13.4. The van der Waals surface area contributed by atoms with Crippen LogP contribution in [0, 0.1) is 18.8 Å². The minimum Gasteiger partial charge on any atom is -0.352 e. The topological polar surface area (TPSA) is 86.8 Å². The molecule has 0 radical (unpaired) electrons. The van der Waals surface area contributed by atoms with Crippen LogP contribution in [0.4, 0.5) is 0 Å². The van der Waals surface area contributed by atoms with Crippen LogP contribution in [0.1, 0.15) is 64.0 Å². The van der Waals surface area contributed by atoms with Crippen molar-refractivity contribution >= 4 is 23.6 Å². The van der Waals surface area contributed by atoms with Crippen LogP contribution in [0.15, 0.2) is 36.4 Å². The van der Waals surface area contributed by atoms with Crippen LogP contribution in [-0.2, 0) is 25.7 Å². The molecule has 1 aromatic rings. The summed E-state index contributed by atoms with van der Waals surface area (Å²) in [5.74, 6) is -1.39. The zero-order chi connectivity index (χ0) is 24.8.